The molecule has 0 bridgehead atoms. The number of aliphatic carboxylic acids is 1. The van der Waals surface area contributed by atoms with E-state index in [2.05, 4.69) is 23.6 Å². The van der Waals surface area contributed by atoms with E-state index in [1.54, 1.807) is 7.11 Å². The highest BCUT2D eigenvalue weighted by atomic mass is 16.7. The first-order valence-corrected chi connectivity index (χ1v) is 12.6. The molecule has 3 aliphatic rings. The molecule has 0 aliphatic carbocycles. The van der Waals surface area contributed by atoms with E-state index in [1.165, 1.54) is 0 Å². The quantitative estimate of drug-likeness (QED) is 0.582. The van der Waals surface area contributed by atoms with Crippen LogP contribution in [0.4, 0.5) is 0 Å². The van der Waals surface area contributed by atoms with Crippen molar-refractivity contribution in [1.82, 2.24) is 9.80 Å². The highest BCUT2D eigenvalue weighted by molar-refractivity contribution is 5.74. The predicted octanol–water partition coefficient (Wildman–Crippen LogP) is 3.77. The van der Waals surface area contributed by atoms with E-state index in [0.29, 0.717) is 35.6 Å². The summed E-state index contributed by atoms with van der Waals surface area (Å²) in [6.45, 7) is 6.65. The van der Waals surface area contributed by atoms with Gasteiger partial charge in [-0.15, -0.1) is 0 Å². The Kier molecular flexibility index (Phi) is 6.90. The Balaban J connectivity index is 1.57. The average molecular weight is 495 g/mol. The molecule has 2 aromatic carbocycles. The number of carboxylic acid groups (broad SMARTS) is 1. The molecule has 0 radical (unpaired) electrons. The lowest BCUT2D eigenvalue weighted by Crippen LogP contribution is -2.54. The first kappa shape index (κ1) is 24.6. The molecule has 8 nitrogen and oxygen atoms in total. The minimum Gasteiger partial charge on any atom is -0.497 e. The SMILES string of the molecule is COc1ccc(C2C(C(=O)O)C(c3ccc4c(c3)OCO4)CN2C(C=O)N2CC(C)CC(C)C2)cc1. The predicted molar refractivity (Wildman–Crippen MR) is 133 cm³/mol. The van der Waals surface area contributed by atoms with Crippen molar-refractivity contribution in [1.29, 1.82) is 0 Å². The minimum absolute atomic E-state index is 0.158. The number of fused-ring (bicyclic) bond motifs is 1. The number of carbonyl (C=O) groups is 2. The van der Waals surface area contributed by atoms with Gasteiger partial charge in [-0.2, -0.15) is 0 Å². The number of carboxylic acids is 1. The molecular weight excluding hydrogens is 460 g/mol. The number of nitrogens with zero attached hydrogens (tertiary/aromatic N) is 2. The topological polar surface area (TPSA) is 88.5 Å². The Bertz CT molecular complexity index is 1100. The van der Waals surface area contributed by atoms with E-state index >= 15 is 0 Å². The molecule has 0 spiro atoms. The Morgan fingerprint density at radius 3 is 2.33 bits per heavy atom. The Hall–Kier alpha value is -3.10. The molecule has 1 N–H and O–H groups in total. The molecule has 2 aromatic rings. The number of ether oxygens (including phenoxy) is 3. The zero-order chi connectivity index (χ0) is 25.4. The van der Waals surface area contributed by atoms with Gasteiger partial charge in [0.05, 0.1) is 19.1 Å². The number of carbonyl (C=O) groups excluding carboxylic acids is 1. The van der Waals surface area contributed by atoms with Crippen LogP contribution in [0.25, 0.3) is 0 Å². The van der Waals surface area contributed by atoms with Crippen LogP contribution < -0.4 is 14.2 Å². The van der Waals surface area contributed by atoms with Gasteiger partial charge in [-0.25, -0.2) is 0 Å². The van der Waals surface area contributed by atoms with Crippen LogP contribution in [-0.2, 0) is 9.59 Å². The van der Waals surface area contributed by atoms with Crippen molar-refractivity contribution in [2.24, 2.45) is 17.8 Å². The second-order valence-corrected chi connectivity index (χ2v) is 10.4. The van der Waals surface area contributed by atoms with Gasteiger partial charge >= 0.3 is 5.97 Å². The zero-order valence-electron chi connectivity index (χ0n) is 21.0. The van der Waals surface area contributed by atoms with E-state index in [-0.39, 0.29) is 12.7 Å². The lowest BCUT2D eigenvalue weighted by atomic mass is 9.82. The second kappa shape index (κ2) is 10.1. The molecule has 36 heavy (non-hydrogen) atoms. The first-order chi connectivity index (χ1) is 17.4. The second-order valence-electron chi connectivity index (χ2n) is 10.4. The van der Waals surface area contributed by atoms with Gasteiger partial charge in [0.2, 0.25) is 6.79 Å². The van der Waals surface area contributed by atoms with Crippen molar-refractivity contribution in [2.45, 2.75) is 38.4 Å². The van der Waals surface area contributed by atoms with Gasteiger partial charge in [0, 0.05) is 25.6 Å². The molecule has 2 saturated heterocycles. The van der Waals surface area contributed by atoms with Crippen LogP contribution in [0.5, 0.6) is 17.2 Å². The van der Waals surface area contributed by atoms with Crippen LogP contribution in [0.15, 0.2) is 42.5 Å². The lowest BCUT2D eigenvalue weighted by molar-refractivity contribution is -0.144. The van der Waals surface area contributed by atoms with Gasteiger partial charge in [0.1, 0.15) is 11.9 Å². The number of aldehydes is 1. The molecule has 6 atom stereocenters. The third kappa shape index (κ3) is 4.55. The molecule has 0 saturated carbocycles. The standard InChI is InChI=1S/C28H34N2O6/c1-17-10-18(2)13-29(12-17)25(15-31)30-14-22(20-6-9-23-24(11-20)36-16-35-23)26(28(32)33)27(30)19-4-7-21(34-3)8-5-19/h4-9,11,15,17-18,22,25-27H,10,12-14,16H2,1-3H3,(H,32,33). The maximum absolute atomic E-state index is 12.9. The molecule has 5 rings (SSSR count). The van der Waals surface area contributed by atoms with Crippen LogP contribution >= 0.6 is 0 Å². The summed E-state index contributed by atoms with van der Waals surface area (Å²) in [6, 6.07) is 12.7. The van der Waals surface area contributed by atoms with E-state index in [9.17, 15) is 14.7 Å². The molecule has 8 heteroatoms. The minimum atomic E-state index is -0.883. The Labute approximate surface area is 211 Å². The van der Waals surface area contributed by atoms with E-state index in [4.69, 9.17) is 14.2 Å². The van der Waals surface area contributed by atoms with Crippen LogP contribution in [0.3, 0.4) is 0 Å². The number of methoxy groups -OCH3 is 1. The summed E-state index contributed by atoms with van der Waals surface area (Å²) in [7, 11) is 1.60. The maximum Gasteiger partial charge on any atom is 0.309 e. The van der Waals surface area contributed by atoms with Crippen LogP contribution in [-0.4, -0.2) is 66.9 Å². The number of piperidine rings is 1. The summed E-state index contributed by atoms with van der Waals surface area (Å²) in [5, 5.41) is 10.5. The van der Waals surface area contributed by atoms with Gasteiger partial charge < -0.3 is 24.1 Å². The number of benzene rings is 2. The Morgan fingerprint density at radius 1 is 1.03 bits per heavy atom. The lowest BCUT2D eigenvalue weighted by Gasteiger charge is -2.43. The molecule has 0 aromatic heterocycles. The summed E-state index contributed by atoms with van der Waals surface area (Å²) in [5.41, 5.74) is 1.73. The highest BCUT2D eigenvalue weighted by Gasteiger charge is 2.51. The number of likely N-dealkylation sites (tertiary alicyclic amines) is 2. The van der Waals surface area contributed by atoms with Gasteiger partial charge in [-0.3, -0.25) is 14.6 Å². The fraction of sp³-hybridized carbons (Fsp3) is 0.500. The first-order valence-electron chi connectivity index (χ1n) is 12.6. The van der Waals surface area contributed by atoms with Gasteiger partial charge in [-0.1, -0.05) is 32.0 Å². The summed E-state index contributed by atoms with van der Waals surface area (Å²) in [5.74, 6) is 0.971. The third-order valence-corrected chi connectivity index (χ3v) is 7.84. The average Bonchev–Trinajstić information content (AvgIpc) is 3.49. The summed E-state index contributed by atoms with van der Waals surface area (Å²) in [4.78, 5) is 29.8. The van der Waals surface area contributed by atoms with Crippen LogP contribution in [0.1, 0.15) is 43.4 Å². The number of hydrogen-bond acceptors (Lipinski definition) is 7. The van der Waals surface area contributed by atoms with Crippen molar-refractivity contribution in [2.75, 3.05) is 33.5 Å². The normalized spacial score (nSPS) is 29.1. The molecule has 2 fully saturated rings. The molecule has 3 aliphatic heterocycles. The van der Waals surface area contributed by atoms with E-state index in [1.807, 2.05) is 42.5 Å². The fourth-order valence-corrected chi connectivity index (χ4v) is 6.42. The van der Waals surface area contributed by atoms with Crippen molar-refractivity contribution in [3.05, 3.63) is 53.6 Å². The van der Waals surface area contributed by atoms with Crippen molar-refractivity contribution >= 4 is 12.3 Å². The smallest absolute Gasteiger partial charge is 0.309 e. The molecule has 0 amide bonds. The summed E-state index contributed by atoms with van der Waals surface area (Å²) in [6.07, 6.45) is 1.60. The summed E-state index contributed by atoms with van der Waals surface area (Å²) < 4.78 is 16.4. The molecule has 6 unspecified atom stereocenters. The number of rotatable bonds is 7. The van der Waals surface area contributed by atoms with E-state index in [0.717, 1.165) is 36.9 Å². The van der Waals surface area contributed by atoms with Crippen molar-refractivity contribution in [3.63, 3.8) is 0 Å². The van der Waals surface area contributed by atoms with Gasteiger partial charge in [0.15, 0.2) is 17.8 Å². The monoisotopic (exact) mass is 494 g/mol. The molecule has 192 valence electrons. The van der Waals surface area contributed by atoms with Gasteiger partial charge in [0.25, 0.3) is 0 Å². The van der Waals surface area contributed by atoms with Gasteiger partial charge in [-0.05, 0) is 53.6 Å². The van der Waals surface area contributed by atoms with Crippen molar-refractivity contribution < 1.29 is 28.9 Å². The largest absolute Gasteiger partial charge is 0.497 e. The van der Waals surface area contributed by atoms with Crippen LogP contribution in [0, 0.1) is 17.8 Å². The third-order valence-electron chi connectivity index (χ3n) is 7.84. The highest BCUT2D eigenvalue weighted by Crippen LogP contribution is 2.49. The molecular formula is C28H34N2O6. The zero-order valence-corrected chi connectivity index (χ0v) is 21.0. The molecule has 3 heterocycles. The summed E-state index contributed by atoms with van der Waals surface area (Å²) >= 11 is 0. The fourth-order valence-electron chi connectivity index (χ4n) is 6.42. The van der Waals surface area contributed by atoms with E-state index < -0.39 is 24.1 Å². The van der Waals surface area contributed by atoms with Crippen molar-refractivity contribution in [3.8, 4) is 17.2 Å². The Morgan fingerprint density at radius 2 is 1.69 bits per heavy atom. The van der Waals surface area contributed by atoms with Crippen LogP contribution in [0.2, 0.25) is 0 Å². The number of hydrogen-bond donors (Lipinski definition) is 1. The maximum atomic E-state index is 12.9.